The number of halogens is 3. The van der Waals surface area contributed by atoms with Crippen LogP contribution < -0.4 is 5.32 Å². The van der Waals surface area contributed by atoms with Crippen molar-refractivity contribution in [2.45, 2.75) is 32.0 Å². The molecule has 1 N–H and O–H groups in total. The van der Waals surface area contributed by atoms with Crippen LogP contribution in [0.1, 0.15) is 34.6 Å². The molecule has 0 saturated carbocycles. The molecular weight excluding hydrogens is 413 g/mol. The van der Waals surface area contributed by atoms with Gasteiger partial charge in [-0.3, -0.25) is 4.79 Å². The third-order valence-corrected chi connectivity index (χ3v) is 4.89. The van der Waals surface area contributed by atoms with Gasteiger partial charge in [0.25, 0.3) is 5.91 Å². The summed E-state index contributed by atoms with van der Waals surface area (Å²) in [6, 6.07) is 1.61. The van der Waals surface area contributed by atoms with Crippen molar-refractivity contribution in [1.29, 1.82) is 0 Å². The zero-order chi connectivity index (χ0) is 22.0. The molecular formula is C20H19F3N6O2. The van der Waals surface area contributed by atoms with E-state index in [-0.39, 0.29) is 23.5 Å². The van der Waals surface area contributed by atoms with Gasteiger partial charge in [-0.2, -0.15) is 13.2 Å². The Morgan fingerprint density at radius 2 is 2.03 bits per heavy atom. The Hall–Kier alpha value is -3.50. The number of rotatable bonds is 4. The first kappa shape index (κ1) is 20.8. The van der Waals surface area contributed by atoms with Gasteiger partial charge in [0.2, 0.25) is 5.89 Å². The van der Waals surface area contributed by atoms with Crippen LogP contribution in [0, 0.1) is 6.92 Å². The maximum absolute atomic E-state index is 13.2. The maximum Gasteiger partial charge on any atom is 0.434 e. The van der Waals surface area contributed by atoms with Gasteiger partial charge in [0.15, 0.2) is 5.69 Å². The summed E-state index contributed by atoms with van der Waals surface area (Å²) in [5.41, 5.74) is 0.563. The molecule has 162 valence electrons. The van der Waals surface area contributed by atoms with Gasteiger partial charge in [0.1, 0.15) is 17.8 Å². The fourth-order valence-corrected chi connectivity index (χ4v) is 3.45. The van der Waals surface area contributed by atoms with Crippen LogP contribution in [0.4, 0.5) is 19.0 Å². The van der Waals surface area contributed by atoms with Crippen molar-refractivity contribution in [2.75, 3.05) is 18.4 Å². The van der Waals surface area contributed by atoms with Crippen LogP contribution in [0.5, 0.6) is 0 Å². The number of hydrogen-bond donors (Lipinski definition) is 1. The first-order valence-electron chi connectivity index (χ1n) is 9.63. The number of amides is 1. The van der Waals surface area contributed by atoms with Crippen molar-refractivity contribution in [2.24, 2.45) is 0 Å². The summed E-state index contributed by atoms with van der Waals surface area (Å²) in [4.78, 5) is 30.5. The normalized spacial score (nSPS) is 16.9. The number of anilines is 1. The van der Waals surface area contributed by atoms with Crippen molar-refractivity contribution >= 4 is 11.7 Å². The Labute approximate surface area is 175 Å². The molecule has 1 unspecified atom stereocenters. The molecule has 11 heteroatoms. The zero-order valence-electron chi connectivity index (χ0n) is 16.6. The van der Waals surface area contributed by atoms with E-state index >= 15 is 0 Å². The number of aryl methyl sites for hydroxylation is 1. The van der Waals surface area contributed by atoms with E-state index in [9.17, 15) is 18.0 Å². The van der Waals surface area contributed by atoms with E-state index in [4.69, 9.17) is 4.42 Å². The molecule has 31 heavy (non-hydrogen) atoms. The molecule has 3 aromatic rings. The molecule has 1 atom stereocenters. The molecule has 4 rings (SSSR count). The number of carbonyl (C=O) groups is 1. The number of nitrogens with zero attached hydrogens (tertiary/aromatic N) is 5. The predicted octanol–water partition coefficient (Wildman–Crippen LogP) is 3.57. The first-order chi connectivity index (χ1) is 14.8. The highest BCUT2D eigenvalue weighted by Gasteiger charge is 2.33. The third-order valence-electron chi connectivity index (χ3n) is 4.89. The molecule has 1 fully saturated rings. The molecule has 1 aliphatic rings. The lowest BCUT2D eigenvalue weighted by atomic mass is 10.0. The van der Waals surface area contributed by atoms with E-state index in [1.165, 1.54) is 12.5 Å². The summed E-state index contributed by atoms with van der Waals surface area (Å²) in [6.45, 7) is 2.75. The molecule has 8 nitrogen and oxygen atoms in total. The SMILES string of the molecule is Cc1cnc(C(=O)N2CCCC(Nc3cnc(C(F)(F)F)cn3)C2)c(-c2ncco2)c1. The van der Waals surface area contributed by atoms with Gasteiger partial charge in [-0.05, 0) is 31.4 Å². The van der Waals surface area contributed by atoms with E-state index in [0.29, 0.717) is 30.7 Å². The molecule has 4 heterocycles. The van der Waals surface area contributed by atoms with Crippen LogP contribution in [0.25, 0.3) is 11.5 Å². The number of oxazole rings is 1. The van der Waals surface area contributed by atoms with Crippen molar-refractivity contribution < 1.29 is 22.4 Å². The van der Waals surface area contributed by atoms with Gasteiger partial charge in [-0.15, -0.1) is 0 Å². The van der Waals surface area contributed by atoms with Gasteiger partial charge in [-0.1, -0.05) is 0 Å². The number of aromatic nitrogens is 4. The number of piperidine rings is 1. The number of alkyl halides is 3. The zero-order valence-corrected chi connectivity index (χ0v) is 16.6. The second-order valence-corrected chi connectivity index (χ2v) is 7.27. The monoisotopic (exact) mass is 432 g/mol. The molecule has 0 radical (unpaired) electrons. The largest absolute Gasteiger partial charge is 0.444 e. The summed E-state index contributed by atoms with van der Waals surface area (Å²) in [7, 11) is 0. The molecule has 0 aliphatic carbocycles. The van der Waals surface area contributed by atoms with Gasteiger partial charge in [0, 0.05) is 25.3 Å². The molecule has 0 aromatic carbocycles. The van der Waals surface area contributed by atoms with Crippen LogP contribution in [0.3, 0.4) is 0 Å². The molecule has 3 aromatic heterocycles. The maximum atomic E-state index is 13.2. The van der Waals surface area contributed by atoms with E-state index in [1.54, 1.807) is 17.2 Å². The van der Waals surface area contributed by atoms with E-state index in [2.05, 4.69) is 25.3 Å². The number of nitrogens with one attached hydrogen (secondary N) is 1. The van der Waals surface area contributed by atoms with Gasteiger partial charge in [-0.25, -0.2) is 19.9 Å². The Morgan fingerprint density at radius 1 is 1.19 bits per heavy atom. The van der Waals surface area contributed by atoms with Gasteiger partial charge < -0.3 is 14.6 Å². The summed E-state index contributed by atoms with van der Waals surface area (Å²) in [6.07, 6.45) is 3.19. The van der Waals surface area contributed by atoms with E-state index in [1.807, 2.05) is 6.92 Å². The summed E-state index contributed by atoms with van der Waals surface area (Å²) in [5.74, 6) is 0.269. The van der Waals surface area contributed by atoms with Crippen molar-refractivity contribution in [3.8, 4) is 11.5 Å². The Kier molecular flexibility index (Phi) is 5.57. The van der Waals surface area contributed by atoms with Crippen molar-refractivity contribution in [3.05, 3.63) is 54.1 Å². The van der Waals surface area contributed by atoms with Crippen molar-refractivity contribution in [1.82, 2.24) is 24.8 Å². The number of pyridine rings is 1. The second-order valence-electron chi connectivity index (χ2n) is 7.27. The minimum Gasteiger partial charge on any atom is -0.444 e. The lowest BCUT2D eigenvalue weighted by Crippen LogP contribution is -2.45. The third kappa shape index (κ3) is 4.65. The van der Waals surface area contributed by atoms with Crippen LogP contribution in [-0.4, -0.2) is 49.9 Å². The molecule has 1 amide bonds. The molecule has 0 spiro atoms. The predicted molar refractivity (Wildman–Crippen MR) is 104 cm³/mol. The van der Waals surface area contributed by atoms with E-state index in [0.717, 1.165) is 24.6 Å². The number of carbonyl (C=O) groups excluding carboxylic acids is 1. The first-order valence-corrected chi connectivity index (χ1v) is 9.63. The van der Waals surface area contributed by atoms with Gasteiger partial charge >= 0.3 is 6.18 Å². The van der Waals surface area contributed by atoms with Gasteiger partial charge in [0.05, 0.1) is 24.2 Å². The minimum absolute atomic E-state index is 0.181. The Morgan fingerprint density at radius 3 is 2.71 bits per heavy atom. The minimum atomic E-state index is -4.54. The van der Waals surface area contributed by atoms with Crippen LogP contribution >= 0.6 is 0 Å². The molecule has 1 aliphatic heterocycles. The molecule has 0 bridgehead atoms. The highest BCUT2D eigenvalue weighted by atomic mass is 19.4. The summed E-state index contributed by atoms with van der Waals surface area (Å²) >= 11 is 0. The van der Waals surface area contributed by atoms with Crippen LogP contribution in [-0.2, 0) is 6.18 Å². The van der Waals surface area contributed by atoms with Crippen LogP contribution in [0.15, 0.2) is 41.5 Å². The quantitative estimate of drug-likeness (QED) is 0.673. The number of likely N-dealkylation sites (tertiary alicyclic amines) is 1. The summed E-state index contributed by atoms with van der Waals surface area (Å²) in [5, 5.41) is 3.06. The topological polar surface area (TPSA) is 97.0 Å². The second kappa shape index (κ2) is 8.32. The average Bonchev–Trinajstić information content (AvgIpc) is 3.28. The fourth-order valence-electron chi connectivity index (χ4n) is 3.45. The highest BCUT2D eigenvalue weighted by Crippen LogP contribution is 2.27. The highest BCUT2D eigenvalue weighted by molar-refractivity contribution is 5.98. The van der Waals surface area contributed by atoms with Crippen molar-refractivity contribution in [3.63, 3.8) is 0 Å². The summed E-state index contributed by atoms with van der Waals surface area (Å²) < 4.78 is 43.3. The number of hydrogen-bond acceptors (Lipinski definition) is 7. The van der Waals surface area contributed by atoms with Crippen LogP contribution in [0.2, 0.25) is 0 Å². The lowest BCUT2D eigenvalue weighted by molar-refractivity contribution is -0.141. The standard InChI is InChI=1S/C20H19F3N6O2/c1-12-7-14(18-24-4-6-31-18)17(27-8-12)19(30)29-5-2-3-13(11-29)28-16-10-25-15(9-26-16)20(21,22)23/h4,6-10,13H,2-3,5,11H2,1H3,(H,26,28). The molecule has 1 saturated heterocycles. The smallest absolute Gasteiger partial charge is 0.434 e. The fraction of sp³-hybridized carbons (Fsp3) is 0.350. The Balaban J connectivity index is 1.49. The average molecular weight is 432 g/mol. The van der Waals surface area contributed by atoms with E-state index < -0.39 is 11.9 Å². The Bertz CT molecular complexity index is 1050. The lowest BCUT2D eigenvalue weighted by Gasteiger charge is -2.33.